The Hall–Kier alpha value is -3.73. The van der Waals surface area contributed by atoms with Gasteiger partial charge in [0.1, 0.15) is 18.1 Å². The maximum absolute atomic E-state index is 12.3. The summed E-state index contributed by atoms with van der Waals surface area (Å²) in [4.78, 5) is 24.1. The Balaban J connectivity index is 1.56. The molecule has 0 unspecified atom stereocenters. The van der Waals surface area contributed by atoms with Crippen LogP contribution in [0.5, 0.6) is 11.5 Å². The van der Waals surface area contributed by atoms with Crippen LogP contribution in [0.3, 0.4) is 0 Å². The SMILES string of the molecule is COC(=O)c1ccccc1NC(=O)CSc1nnc(COc2cccc(OC)c2)n1N. The van der Waals surface area contributed by atoms with Gasteiger partial charge < -0.3 is 25.4 Å². The largest absolute Gasteiger partial charge is 0.497 e. The van der Waals surface area contributed by atoms with Gasteiger partial charge >= 0.3 is 5.97 Å². The summed E-state index contributed by atoms with van der Waals surface area (Å²) < 4.78 is 16.8. The van der Waals surface area contributed by atoms with Crippen LogP contribution < -0.4 is 20.6 Å². The topological polar surface area (TPSA) is 131 Å². The first-order valence-corrected chi connectivity index (χ1v) is 10.1. The number of hydrogen-bond donors (Lipinski definition) is 2. The highest BCUT2D eigenvalue weighted by molar-refractivity contribution is 7.99. The van der Waals surface area contributed by atoms with Gasteiger partial charge in [0, 0.05) is 6.07 Å². The van der Waals surface area contributed by atoms with Crippen LogP contribution in [-0.4, -0.2) is 46.7 Å². The van der Waals surface area contributed by atoms with Crippen molar-refractivity contribution in [3.63, 3.8) is 0 Å². The first-order valence-electron chi connectivity index (χ1n) is 9.08. The van der Waals surface area contributed by atoms with Crippen LogP contribution >= 0.6 is 11.8 Å². The molecular weight excluding hydrogens is 422 g/mol. The lowest BCUT2D eigenvalue weighted by atomic mass is 10.2. The van der Waals surface area contributed by atoms with E-state index >= 15 is 0 Å². The van der Waals surface area contributed by atoms with Crippen LogP contribution in [-0.2, 0) is 16.1 Å². The van der Waals surface area contributed by atoms with E-state index in [-0.39, 0.29) is 23.8 Å². The van der Waals surface area contributed by atoms with E-state index in [0.29, 0.717) is 28.2 Å². The Bertz CT molecular complexity index is 1070. The molecule has 1 amide bonds. The molecule has 31 heavy (non-hydrogen) atoms. The first-order chi connectivity index (χ1) is 15.0. The summed E-state index contributed by atoms with van der Waals surface area (Å²) in [5, 5.41) is 11.0. The van der Waals surface area contributed by atoms with Crippen molar-refractivity contribution in [2.45, 2.75) is 11.8 Å². The molecule has 3 N–H and O–H groups in total. The summed E-state index contributed by atoms with van der Waals surface area (Å²) in [6, 6.07) is 13.7. The van der Waals surface area contributed by atoms with E-state index in [1.54, 1.807) is 49.6 Å². The minimum atomic E-state index is -0.536. The summed E-state index contributed by atoms with van der Waals surface area (Å²) in [7, 11) is 2.85. The van der Waals surface area contributed by atoms with Crippen LogP contribution in [0.15, 0.2) is 53.7 Å². The summed E-state index contributed by atoms with van der Waals surface area (Å²) in [5.74, 6) is 6.82. The predicted molar refractivity (Wildman–Crippen MR) is 115 cm³/mol. The molecule has 0 aliphatic heterocycles. The van der Waals surface area contributed by atoms with Crippen molar-refractivity contribution < 1.29 is 23.8 Å². The number of nitrogens with zero attached hydrogens (tertiary/aromatic N) is 3. The number of carbonyl (C=O) groups excluding carboxylic acids is 2. The molecule has 0 bridgehead atoms. The third kappa shape index (κ3) is 5.66. The van der Waals surface area contributed by atoms with E-state index in [0.717, 1.165) is 11.8 Å². The second-order valence-electron chi connectivity index (χ2n) is 6.11. The highest BCUT2D eigenvalue weighted by Crippen LogP contribution is 2.21. The Morgan fingerprint density at radius 2 is 1.87 bits per heavy atom. The molecule has 10 nitrogen and oxygen atoms in total. The number of aromatic nitrogens is 3. The Kier molecular flexibility index (Phi) is 7.33. The summed E-state index contributed by atoms with van der Waals surface area (Å²) in [6.07, 6.45) is 0. The Morgan fingerprint density at radius 1 is 1.10 bits per heavy atom. The zero-order valence-corrected chi connectivity index (χ0v) is 17.7. The van der Waals surface area contributed by atoms with Gasteiger partial charge in [0.05, 0.1) is 31.2 Å². The molecule has 0 atom stereocenters. The van der Waals surface area contributed by atoms with E-state index in [1.807, 2.05) is 6.07 Å². The molecular formula is C20H21N5O5S. The number of benzene rings is 2. The third-order valence-electron chi connectivity index (χ3n) is 4.08. The summed E-state index contributed by atoms with van der Waals surface area (Å²) in [5.41, 5.74) is 0.629. The van der Waals surface area contributed by atoms with Crippen molar-refractivity contribution in [1.82, 2.24) is 14.9 Å². The normalized spacial score (nSPS) is 10.4. The average Bonchev–Trinajstić information content (AvgIpc) is 3.15. The second-order valence-corrected chi connectivity index (χ2v) is 7.05. The smallest absolute Gasteiger partial charge is 0.339 e. The first kappa shape index (κ1) is 22.0. The molecule has 2 aromatic carbocycles. The number of thioether (sulfide) groups is 1. The molecule has 0 spiro atoms. The zero-order valence-electron chi connectivity index (χ0n) is 16.9. The van der Waals surface area contributed by atoms with Gasteiger partial charge in [0.2, 0.25) is 11.1 Å². The minimum Gasteiger partial charge on any atom is -0.497 e. The van der Waals surface area contributed by atoms with Crippen molar-refractivity contribution in [2.75, 3.05) is 31.1 Å². The number of rotatable bonds is 9. The Labute approximate surface area is 182 Å². The van der Waals surface area contributed by atoms with Crippen LogP contribution in [0.1, 0.15) is 16.2 Å². The van der Waals surface area contributed by atoms with Gasteiger partial charge in [-0.25, -0.2) is 9.47 Å². The van der Waals surface area contributed by atoms with Crippen LogP contribution in [0.2, 0.25) is 0 Å². The maximum Gasteiger partial charge on any atom is 0.339 e. The molecule has 3 aromatic rings. The number of esters is 1. The lowest BCUT2D eigenvalue weighted by Crippen LogP contribution is -2.19. The molecule has 1 aromatic heterocycles. The van der Waals surface area contributed by atoms with E-state index in [1.165, 1.54) is 11.8 Å². The number of para-hydroxylation sites is 1. The van der Waals surface area contributed by atoms with Gasteiger partial charge in [-0.2, -0.15) is 0 Å². The Morgan fingerprint density at radius 3 is 2.65 bits per heavy atom. The fraction of sp³-hybridized carbons (Fsp3) is 0.200. The van der Waals surface area contributed by atoms with Crippen molar-refractivity contribution in [3.05, 3.63) is 59.9 Å². The number of carbonyl (C=O) groups is 2. The van der Waals surface area contributed by atoms with E-state index < -0.39 is 5.97 Å². The molecule has 0 saturated carbocycles. The molecule has 1 heterocycles. The number of nitrogen functional groups attached to an aromatic ring is 1. The summed E-state index contributed by atoms with van der Waals surface area (Å²) >= 11 is 1.10. The van der Waals surface area contributed by atoms with E-state index in [9.17, 15) is 9.59 Å². The molecule has 162 valence electrons. The van der Waals surface area contributed by atoms with E-state index in [4.69, 9.17) is 20.1 Å². The molecule has 11 heteroatoms. The second kappa shape index (κ2) is 10.3. The maximum atomic E-state index is 12.3. The van der Waals surface area contributed by atoms with E-state index in [2.05, 4.69) is 15.5 Å². The quantitative estimate of drug-likeness (QED) is 0.290. The number of anilines is 1. The third-order valence-corrected chi connectivity index (χ3v) is 5.03. The van der Waals surface area contributed by atoms with Gasteiger partial charge in [-0.3, -0.25) is 4.79 Å². The molecule has 0 aliphatic rings. The van der Waals surface area contributed by atoms with Crippen molar-refractivity contribution >= 4 is 29.3 Å². The molecule has 0 aliphatic carbocycles. The average molecular weight is 443 g/mol. The number of methoxy groups -OCH3 is 2. The van der Waals surface area contributed by atoms with Crippen molar-refractivity contribution in [1.29, 1.82) is 0 Å². The number of ether oxygens (including phenoxy) is 3. The van der Waals surface area contributed by atoms with Crippen LogP contribution in [0.4, 0.5) is 5.69 Å². The van der Waals surface area contributed by atoms with Gasteiger partial charge in [0.25, 0.3) is 0 Å². The lowest BCUT2D eigenvalue weighted by Gasteiger charge is -2.09. The van der Waals surface area contributed by atoms with Crippen molar-refractivity contribution in [3.8, 4) is 11.5 Å². The highest BCUT2D eigenvalue weighted by atomic mass is 32.2. The number of nitrogens with two attached hydrogens (primary N) is 1. The van der Waals surface area contributed by atoms with Crippen LogP contribution in [0, 0.1) is 0 Å². The zero-order chi connectivity index (χ0) is 22.2. The minimum absolute atomic E-state index is 0.0155. The van der Waals surface area contributed by atoms with Gasteiger partial charge in [-0.1, -0.05) is 30.0 Å². The standard InChI is InChI=1S/C20H21N5O5S/c1-28-13-6-5-7-14(10-13)30-11-17-23-24-20(25(17)21)31-12-18(26)22-16-9-4-3-8-15(16)19(27)29-2/h3-10H,11-12,21H2,1-2H3,(H,22,26). The highest BCUT2D eigenvalue weighted by Gasteiger charge is 2.16. The molecule has 0 saturated heterocycles. The van der Waals surface area contributed by atoms with Gasteiger partial charge in [0.15, 0.2) is 5.82 Å². The van der Waals surface area contributed by atoms with Crippen molar-refractivity contribution in [2.24, 2.45) is 0 Å². The molecule has 0 radical (unpaired) electrons. The predicted octanol–water partition coefficient (Wildman–Crippen LogP) is 2.10. The van der Waals surface area contributed by atoms with Crippen LogP contribution in [0.25, 0.3) is 0 Å². The molecule has 3 rings (SSSR count). The number of hydrogen-bond acceptors (Lipinski definition) is 9. The van der Waals surface area contributed by atoms with Gasteiger partial charge in [-0.15, -0.1) is 10.2 Å². The van der Waals surface area contributed by atoms with Gasteiger partial charge in [-0.05, 0) is 24.3 Å². The lowest BCUT2D eigenvalue weighted by molar-refractivity contribution is -0.113. The fourth-order valence-electron chi connectivity index (χ4n) is 2.54. The molecule has 0 fully saturated rings. The number of nitrogens with one attached hydrogen (secondary N) is 1. The number of amides is 1. The fourth-order valence-corrected chi connectivity index (χ4v) is 3.21. The summed E-state index contributed by atoms with van der Waals surface area (Å²) in [6.45, 7) is 0.0932. The monoisotopic (exact) mass is 443 g/mol.